The van der Waals surface area contributed by atoms with E-state index < -0.39 is 0 Å². The molecule has 2 aliphatic carbocycles. The Morgan fingerprint density at radius 1 is 1.41 bits per heavy atom. The highest BCUT2D eigenvalue weighted by molar-refractivity contribution is 5.75. The van der Waals surface area contributed by atoms with Gasteiger partial charge in [0, 0.05) is 5.92 Å². The molecule has 0 radical (unpaired) electrons. The maximum atomic E-state index is 12.2. The fraction of sp³-hybridized carbons (Fsp3) is 0.737. The van der Waals surface area contributed by atoms with E-state index in [1.807, 2.05) is 6.26 Å². The summed E-state index contributed by atoms with van der Waals surface area (Å²) in [6.07, 6.45) is 10.6. The molecule has 2 saturated carbocycles. The van der Waals surface area contributed by atoms with Gasteiger partial charge in [0.2, 0.25) is 0 Å². The van der Waals surface area contributed by atoms with Crippen molar-refractivity contribution in [2.45, 2.75) is 58.5 Å². The molecule has 2 heterocycles. The number of furan rings is 1. The summed E-state index contributed by atoms with van der Waals surface area (Å²) in [6.45, 7) is 4.80. The number of esters is 1. The van der Waals surface area contributed by atoms with Crippen molar-refractivity contribution in [2.75, 3.05) is 0 Å². The van der Waals surface area contributed by atoms with Gasteiger partial charge in [0.15, 0.2) is 0 Å². The Morgan fingerprint density at radius 2 is 2.27 bits per heavy atom. The maximum absolute atomic E-state index is 12.2. The summed E-state index contributed by atoms with van der Waals surface area (Å²) >= 11 is 0. The number of hydrogen-bond donors (Lipinski definition) is 0. The fourth-order valence-electron chi connectivity index (χ4n) is 5.95. The molecule has 0 N–H and O–H groups in total. The van der Waals surface area contributed by atoms with Crippen molar-refractivity contribution in [2.24, 2.45) is 29.1 Å². The van der Waals surface area contributed by atoms with E-state index in [1.54, 1.807) is 6.26 Å². The van der Waals surface area contributed by atoms with Crippen LogP contribution in [-0.4, -0.2) is 12.1 Å². The maximum Gasteiger partial charge on any atom is 0.309 e. The van der Waals surface area contributed by atoms with Crippen LogP contribution in [0.15, 0.2) is 23.0 Å². The summed E-state index contributed by atoms with van der Waals surface area (Å²) in [5.41, 5.74) is 1.56. The first-order valence-electron chi connectivity index (χ1n) is 8.81. The van der Waals surface area contributed by atoms with Gasteiger partial charge in [-0.05, 0) is 61.0 Å². The number of aryl methyl sites for hydroxylation is 1. The normalized spacial score (nSPS) is 43.7. The van der Waals surface area contributed by atoms with Crippen molar-refractivity contribution in [3.05, 3.63) is 24.2 Å². The fourth-order valence-corrected chi connectivity index (χ4v) is 5.95. The van der Waals surface area contributed by atoms with Crippen LogP contribution in [0.5, 0.6) is 0 Å². The van der Waals surface area contributed by atoms with Gasteiger partial charge in [-0.3, -0.25) is 4.79 Å². The highest BCUT2D eigenvalue weighted by atomic mass is 16.6. The van der Waals surface area contributed by atoms with Crippen LogP contribution in [0, 0.1) is 29.1 Å². The predicted octanol–water partition coefficient (Wildman–Crippen LogP) is 4.22. The largest absolute Gasteiger partial charge is 0.472 e. The Labute approximate surface area is 132 Å². The van der Waals surface area contributed by atoms with E-state index in [4.69, 9.17) is 9.15 Å². The zero-order valence-corrected chi connectivity index (χ0v) is 13.6. The molecule has 1 aromatic rings. The molecule has 0 aromatic carbocycles. The molecule has 0 bridgehead atoms. The van der Waals surface area contributed by atoms with Crippen LogP contribution < -0.4 is 0 Å². The first-order chi connectivity index (χ1) is 10.6. The Morgan fingerprint density at radius 3 is 3.05 bits per heavy atom. The first-order valence-corrected chi connectivity index (χ1v) is 8.81. The average Bonchev–Trinajstić information content (AvgIpc) is 3.08. The summed E-state index contributed by atoms with van der Waals surface area (Å²) in [6, 6.07) is 2.07. The quantitative estimate of drug-likeness (QED) is 0.785. The smallest absolute Gasteiger partial charge is 0.309 e. The third-order valence-electron chi connectivity index (χ3n) is 6.86. The number of hydrogen-bond acceptors (Lipinski definition) is 3. The van der Waals surface area contributed by atoms with E-state index >= 15 is 0 Å². The summed E-state index contributed by atoms with van der Waals surface area (Å²) in [4.78, 5) is 12.2. The molecule has 6 atom stereocenters. The Bertz CT molecular complexity index is 549. The van der Waals surface area contributed by atoms with Gasteiger partial charge in [-0.25, -0.2) is 0 Å². The van der Waals surface area contributed by atoms with Crippen molar-refractivity contribution in [1.29, 1.82) is 0 Å². The lowest BCUT2D eigenvalue weighted by atomic mass is 9.49. The molecular formula is C19H26O3. The lowest BCUT2D eigenvalue weighted by molar-refractivity contribution is -0.145. The SMILES string of the molecule is CC1CC2OC(=O)C3CCCC(C)(C1CCc1ccoc1)C23. The zero-order chi connectivity index (χ0) is 15.3. The second kappa shape index (κ2) is 5.14. The van der Waals surface area contributed by atoms with Gasteiger partial charge in [0.05, 0.1) is 18.4 Å². The summed E-state index contributed by atoms with van der Waals surface area (Å²) in [7, 11) is 0. The summed E-state index contributed by atoms with van der Waals surface area (Å²) in [5.74, 6) is 2.03. The molecule has 22 heavy (non-hydrogen) atoms. The van der Waals surface area contributed by atoms with Crippen LogP contribution in [0.1, 0.15) is 51.5 Å². The third-order valence-corrected chi connectivity index (χ3v) is 6.86. The second-order valence-corrected chi connectivity index (χ2v) is 8.00. The second-order valence-electron chi connectivity index (χ2n) is 8.00. The Kier molecular flexibility index (Phi) is 3.35. The molecule has 3 fully saturated rings. The molecule has 6 unspecified atom stereocenters. The van der Waals surface area contributed by atoms with Crippen molar-refractivity contribution in [1.82, 2.24) is 0 Å². The summed E-state index contributed by atoms with van der Waals surface area (Å²) < 4.78 is 11.0. The van der Waals surface area contributed by atoms with E-state index in [0.29, 0.717) is 17.8 Å². The molecule has 1 aromatic heterocycles. The lowest BCUT2D eigenvalue weighted by Gasteiger charge is -2.54. The minimum absolute atomic E-state index is 0.0867. The standard InChI is InChI=1S/C19H26O3/c1-12-10-16-17-14(18(20)22-16)4-3-8-19(17,2)15(12)6-5-13-7-9-21-11-13/h7,9,11-12,14-17H,3-6,8,10H2,1-2H3. The van der Waals surface area contributed by atoms with Crippen molar-refractivity contribution >= 4 is 5.97 Å². The van der Waals surface area contributed by atoms with Gasteiger partial charge >= 0.3 is 5.97 Å². The molecule has 3 nitrogen and oxygen atoms in total. The van der Waals surface area contributed by atoms with Crippen molar-refractivity contribution in [3.63, 3.8) is 0 Å². The predicted molar refractivity (Wildman–Crippen MR) is 83.1 cm³/mol. The Hall–Kier alpha value is -1.25. The van der Waals surface area contributed by atoms with Crippen LogP contribution >= 0.6 is 0 Å². The Balaban J connectivity index is 1.59. The van der Waals surface area contributed by atoms with E-state index in [2.05, 4.69) is 19.9 Å². The van der Waals surface area contributed by atoms with Gasteiger partial charge in [-0.2, -0.15) is 0 Å². The molecule has 0 spiro atoms. The molecular weight excluding hydrogens is 276 g/mol. The van der Waals surface area contributed by atoms with E-state index in [0.717, 1.165) is 19.3 Å². The molecule has 4 rings (SSSR count). The number of rotatable bonds is 3. The van der Waals surface area contributed by atoms with Gasteiger partial charge < -0.3 is 9.15 Å². The zero-order valence-electron chi connectivity index (χ0n) is 13.6. The van der Waals surface area contributed by atoms with Crippen molar-refractivity contribution < 1.29 is 13.9 Å². The number of carbonyl (C=O) groups is 1. The van der Waals surface area contributed by atoms with Crippen LogP contribution in [-0.2, 0) is 16.0 Å². The van der Waals surface area contributed by atoms with Crippen molar-refractivity contribution in [3.8, 4) is 0 Å². The molecule has 120 valence electrons. The monoisotopic (exact) mass is 302 g/mol. The van der Waals surface area contributed by atoms with Crippen LogP contribution in [0.4, 0.5) is 0 Å². The van der Waals surface area contributed by atoms with E-state index in [1.165, 1.54) is 24.8 Å². The molecule has 3 aliphatic rings. The van der Waals surface area contributed by atoms with Crippen LogP contribution in [0.2, 0.25) is 0 Å². The number of carbonyl (C=O) groups excluding carboxylic acids is 1. The highest BCUT2D eigenvalue weighted by Gasteiger charge is 2.61. The van der Waals surface area contributed by atoms with Crippen LogP contribution in [0.25, 0.3) is 0 Å². The van der Waals surface area contributed by atoms with Gasteiger partial charge in [0.25, 0.3) is 0 Å². The number of ether oxygens (including phenoxy) is 1. The molecule has 1 saturated heterocycles. The minimum Gasteiger partial charge on any atom is -0.472 e. The lowest BCUT2D eigenvalue weighted by Crippen LogP contribution is -2.51. The summed E-state index contributed by atoms with van der Waals surface area (Å²) in [5, 5.41) is 0. The molecule has 0 amide bonds. The minimum atomic E-state index is 0.0867. The van der Waals surface area contributed by atoms with Crippen LogP contribution in [0.3, 0.4) is 0 Å². The third kappa shape index (κ3) is 2.04. The van der Waals surface area contributed by atoms with Gasteiger partial charge in [0.1, 0.15) is 6.10 Å². The molecule has 1 aliphatic heterocycles. The van der Waals surface area contributed by atoms with Gasteiger partial charge in [-0.15, -0.1) is 0 Å². The van der Waals surface area contributed by atoms with E-state index in [-0.39, 0.29) is 23.4 Å². The van der Waals surface area contributed by atoms with Gasteiger partial charge in [-0.1, -0.05) is 20.3 Å². The topological polar surface area (TPSA) is 39.4 Å². The first kappa shape index (κ1) is 14.3. The van der Waals surface area contributed by atoms with E-state index in [9.17, 15) is 4.79 Å². The molecule has 3 heteroatoms. The highest BCUT2D eigenvalue weighted by Crippen LogP contribution is 2.61. The average molecular weight is 302 g/mol.